The zero-order valence-electron chi connectivity index (χ0n) is 8.92. The number of hydrogen-bond donors (Lipinski definition) is 3. The summed E-state index contributed by atoms with van der Waals surface area (Å²) in [6.45, 7) is 0. The van der Waals surface area contributed by atoms with Crippen molar-refractivity contribution in [2.45, 2.75) is 0 Å². The van der Waals surface area contributed by atoms with Crippen LogP contribution in [0.1, 0.15) is 0 Å². The Bertz CT molecular complexity index is 741. The van der Waals surface area contributed by atoms with Gasteiger partial charge in [-0.2, -0.15) is 0 Å². The Morgan fingerprint density at radius 3 is 2.67 bits per heavy atom. The zero-order valence-corrected chi connectivity index (χ0v) is 9.68. The van der Waals surface area contributed by atoms with Crippen LogP contribution in [0.2, 0.25) is 5.15 Å². The summed E-state index contributed by atoms with van der Waals surface area (Å²) in [7, 11) is 0. The first kappa shape index (κ1) is 10.8. The lowest BCUT2D eigenvalue weighted by molar-refractivity contribution is 0.404. The molecule has 0 radical (unpaired) electrons. The van der Waals surface area contributed by atoms with Gasteiger partial charge in [0, 0.05) is 5.56 Å². The van der Waals surface area contributed by atoms with E-state index >= 15 is 0 Å². The van der Waals surface area contributed by atoms with Crippen LogP contribution in [0, 0.1) is 0 Å². The number of halogens is 1. The highest BCUT2D eigenvalue weighted by Gasteiger charge is 2.11. The van der Waals surface area contributed by atoms with Crippen molar-refractivity contribution in [2.75, 3.05) is 0 Å². The molecule has 6 nitrogen and oxygen atoms in total. The topological polar surface area (TPSA) is 94.9 Å². The molecule has 0 spiro atoms. The van der Waals surface area contributed by atoms with Crippen molar-refractivity contribution in [1.29, 1.82) is 0 Å². The van der Waals surface area contributed by atoms with Gasteiger partial charge < -0.3 is 15.2 Å². The number of imidazole rings is 1. The molecule has 90 valence electrons. The quantitative estimate of drug-likeness (QED) is 0.461. The molecule has 0 aliphatic rings. The number of phenols is 2. The maximum atomic E-state index is 9.45. The molecular weight excluding hydrogens is 256 g/mol. The van der Waals surface area contributed by atoms with E-state index in [1.165, 1.54) is 18.5 Å². The molecule has 0 unspecified atom stereocenters. The molecule has 3 aromatic rings. The summed E-state index contributed by atoms with van der Waals surface area (Å²) in [5.41, 5.74) is 1.58. The Labute approximate surface area is 106 Å². The molecule has 0 bridgehead atoms. The predicted octanol–water partition coefficient (Wildman–Crippen LogP) is 2.08. The molecule has 3 N–H and O–H groups in total. The van der Waals surface area contributed by atoms with E-state index in [2.05, 4.69) is 19.9 Å². The number of benzene rings is 1. The van der Waals surface area contributed by atoms with Crippen LogP contribution in [0.4, 0.5) is 0 Å². The van der Waals surface area contributed by atoms with Gasteiger partial charge in [-0.25, -0.2) is 15.0 Å². The first-order valence-electron chi connectivity index (χ1n) is 5.04. The summed E-state index contributed by atoms with van der Waals surface area (Å²) >= 11 is 5.90. The second-order valence-corrected chi connectivity index (χ2v) is 4.01. The monoisotopic (exact) mass is 262 g/mol. The minimum absolute atomic E-state index is 0.187. The van der Waals surface area contributed by atoms with Crippen LogP contribution in [0.15, 0.2) is 24.5 Å². The van der Waals surface area contributed by atoms with Crippen molar-refractivity contribution < 1.29 is 10.2 Å². The van der Waals surface area contributed by atoms with Crippen molar-refractivity contribution in [3.05, 3.63) is 29.7 Å². The average molecular weight is 263 g/mol. The van der Waals surface area contributed by atoms with Gasteiger partial charge in [0.05, 0.1) is 0 Å². The van der Waals surface area contributed by atoms with Crippen LogP contribution in [0.25, 0.3) is 22.6 Å². The fourth-order valence-corrected chi connectivity index (χ4v) is 1.78. The van der Waals surface area contributed by atoms with Crippen LogP contribution in [-0.2, 0) is 0 Å². The van der Waals surface area contributed by atoms with Crippen LogP contribution >= 0.6 is 11.6 Å². The molecule has 3 rings (SSSR count). The highest BCUT2D eigenvalue weighted by Crippen LogP contribution is 2.30. The molecule has 1 aromatic carbocycles. The van der Waals surface area contributed by atoms with Gasteiger partial charge in [-0.3, -0.25) is 0 Å². The number of phenolic OH excluding ortho intramolecular Hbond substituents is 2. The molecule has 7 heteroatoms. The Morgan fingerprint density at radius 2 is 1.94 bits per heavy atom. The number of aromatic hydroxyl groups is 2. The van der Waals surface area contributed by atoms with Crippen LogP contribution in [0.3, 0.4) is 0 Å². The minimum Gasteiger partial charge on any atom is -0.504 e. The lowest BCUT2D eigenvalue weighted by atomic mass is 10.2. The van der Waals surface area contributed by atoms with E-state index in [-0.39, 0.29) is 16.7 Å². The van der Waals surface area contributed by atoms with Crippen molar-refractivity contribution in [1.82, 2.24) is 19.9 Å². The van der Waals surface area contributed by atoms with E-state index in [1.807, 2.05) is 0 Å². The predicted molar refractivity (Wildman–Crippen MR) is 65.5 cm³/mol. The first-order valence-corrected chi connectivity index (χ1v) is 5.41. The van der Waals surface area contributed by atoms with Crippen molar-refractivity contribution in [3.63, 3.8) is 0 Å². The Hall–Kier alpha value is -2.34. The number of nitrogens with one attached hydrogen (secondary N) is 1. The smallest absolute Gasteiger partial charge is 0.182 e. The molecule has 0 fully saturated rings. The number of aromatic nitrogens is 4. The van der Waals surface area contributed by atoms with Gasteiger partial charge in [-0.05, 0) is 18.2 Å². The lowest BCUT2D eigenvalue weighted by Crippen LogP contribution is -1.80. The highest BCUT2D eigenvalue weighted by atomic mass is 35.5. The summed E-state index contributed by atoms with van der Waals surface area (Å²) in [6, 6.07) is 4.40. The molecule has 18 heavy (non-hydrogen) atoms. The van der Waals surface area contributed by atoms with Gasteiger partial charge in [0.25, 0.3) is 0 Å². The van der Waals surface area contributed by atoms with E-state index < -0.39 is 0 Å². The Morgan fingerprint density at radius 1 is 1.11 bits per heavy atom. The molecule has 2 aromatic heterocycles. The van der Waals surface area contributed by atoms with Crippen LogP contribution in [0.5, 0.6) is 11.5 Å². The summed E-state index contributed by atoms with van der Waals surface area (Å²) in [6.07, 6.45) is 1.32. The fourth-order valence-electron chi connectivity index (χ4n) is 1.61. The number of rotatable bonds is 1. The van der Waals surface area contributed by atoms with E-state index in [0.717, 1.165) is 0 Å². The molecule has 0 saturated carbocycles. The van der Waals surface area contributed by atoms with Crippen LogP contribution in [-0.4, -0.2) is 30.1 Å². The second-order valence-electron chi connectivity index (χ2n) is 3.65. The first-order chi connectivity index (χ1) is 8.65. The SMILES string of the molecule is Oc1ccc(-c2nc3ncnc(Cl)c3[nH]2)cc1O. The molecule has 0 aliphatic carbocycles. The second kappa shape index (κ2) is 3.85. The number of aromatic amines is 1. The maximum absolute atomic E-state index is 9.45. The van der Waals surface area contributed by atoms with Gasteiger partial charge in [-0.15, -0.1) is 0 Å². The number of nitrogens with zero attached hydrogens (tertiary/aromatic N) is 3. The van der Waals surface area contributed by atoms with Gasteiger partial charge in [0.2, 0.25) is 0 Å². The standard InChI is InChI=1S/C11H7ClN4O2/c12-9-8-11(14-4-13-9)16-10(15-8)5-1-2-6(17)7(18)3-5/h1-4,17-18H,(H,13,14,15,16). The number of H-pyrrole nitrogens is 1. The van der Waals surface area contributed by atoms with Crippen LogP contribution < -0.4 is 0 Å². The van der Waals surface area contributed by atoms with Gasteiger partial charge >= 0.3 is 0 Å². The largest absolute Gasteiger partial charge is 0.504 e. The molecule has 2 heterocycles. The normalized spacial score (nSPS) is 10.9. The lowest BCUT2D eigenvalue weighted by Gasteiger charge is -1.99. The molecule has 0 aliphatic heterocycles. The Kier molecular flexibility index (Phi) is 2.31. The van der Waals surface area contributed by atoms with Gasteiger partial charge in [-0.1, -0.05) is 11.6 Å². The highest BCUT2D eigenvalue weighted by molar-refractivity contribution is 6.33. The summed E-state index contributed by atoms with van der Waals surface area (Å²) in [4.78, 5) is 15.0. The zero-order chi connectivity index (χ0) is 12.7. The minimum atomic E-state index is -0.217. The van der Waals surface area contributed by atoms with Gasteiger partial charge in [0.1, 0.15) is 17.7 Å². The third-order valence-electron chi connectivity index (χ3n) is 2.49. The third kappa shape index (κ3) is 1.63. The van der Waals surface area contributed by atoms with E-state index in [1.54, 1.807) is 6.07 Å². The van der Waals surface area contributed by atoms with Crippen molar-refractivity contribution in [3.8, 4) is 22.9 Å². The van der Waals surface area contributed by atoms with Crippen molar-refractivity contribution >= 4 is 22.8 Å². The number of fused-ring (bicyclic) bond motifs is 1. The van der Waals surface area contributed by atoms with Crippen molar-refractivity contribution in [2.24, 2.45) is 0 Å². The maximum Gasteiger partial charge on any atom is 0.182 e. The average Bonchev–Trinajstić information content (AvgIpc) is 2.78. The summed E-state index contributed by atoms with van der Waals surface area (Å²) in [5.74, 6) is 0.0838. The molecule has 0 amide bonds. The molecular formula is C11H7ClN4O2. The van der Waals surface area contributed by atoms with Gasteiger partial charge in [0.15, 0.2) is 22.3 Å². The van der Waals surface area contributed by atoms with E-state index in [0.29, 0.717) is 22.6 Å². The van der Waals surface area contributed by atoms with E-state index in [4.69, 9.17) is 11.6 Å². The summed E-state index contributed by atoms with van der Waals surface area (Å²) < 4.78 is 0. The summed E-state index contributed by atoms with van der Waals surface area (Å²) in [5, 5.41) is 19.0. The Balaban J connectivity index is 2.19. The fraction of sp³-hybridized carbons (Fsp3) is 0. The van der Waals surface area contributed by atoms with E-state index in [9.17, 15) is 10.2 Å². The third-order valence-corrected chi connectivity index (χ3v) is 2.78. The number of hydrogen-bond acceptors (Lipinski definition) is 5. The molecule has 0 atom stereocenters. The molecule has 0 saturated heterocycles.